The fraction of sp³-hybridized carbons (Fsp3) is 0.118. The molecule has 2 heterocycles. The van der Waals surface area contributed by atoms with E-state index in [1.807, 2.05) is 37.3 Å². The van der Waals surface area contributed by atoms with E-state index in [9.17, 15) is 4.79 Å². The maximum atomic E-state index is 12.6. The van der Waals surface area contributed by atoms with E-state index in [0.29, 0.717) is 28.8 Å². The van der Waals surface area contributed by atoms with E-state index in [2.05, 4.69) is 10.3 Å². The number of aromatic nitrogens is 1. The van der Waals surface area contributed by atoms with Gasteiger partial charge in [0.05, 0.1) is 18.0 Å². The average molecular weight is 325 g/mol. The molecule has 23 heavy (non-hydrogen) atoms. The Bertz CT molecular complexity index is 757. The smallest absolute Gasteiger partial charge is 0.281 e. The van der Waals surface area contributed by atoms with Crippen molar-refractivity contribution in [3.8, 4) is 5.75 Å². The van der Waals surface area contributed by atoms with Gasteiger partial charge in [0.1, 0.15) is 11.4 Å². The molecule has 0 saturated carbocycles. The lowest BCUT2D eigenvalue weighted by molar-refractivity contribution is -0.113. The Balaban J connectivity index is 1.85. The summed E-state index contributed by atoms with van der Waals surface area (Å²) in [6, 6.07) is 12.8. The molecule has 0 unspecified atom stereocenters. The molecule has 0 aliphatic carbocycles. The molecule has 2 aromatic rings. The van der Waals surface area contributed by atoms with E-state index >= 15 is 0 Å². The molecule has 3 rings (SSSR count). The summed E-state index contributed by atoms with van der Waals surface area (Å²) in [6.45, 7) is 2.52. The third-order valence-electron chi connectivity index (χ3n) is 3.26. The highest BCUT2D eigenvalue weighted by Crippen LogP contribution is 2.24. The zero-order valence-corrected chi connectivity index (χ0v) is 13.3. The average Bonchev–Trinajstić information content (AvgIpc) is 2.84. The number of hydrogen-bond acceptors (Lipinski definition) is 4. The second kappa shape index (κ2) is 6.58. The molecule has 6 heteroatoms. The summed E-state index contributed by atoms with van der Waals surface area (Å²) < 4.78 is 5.41. The first-order chi connectivity index (χ1) is 11.2. The third kappa shape index (κ3) is 3.22. The molecule has 1 aromatic carbocycles. The minimum atomic E-state index is -0.204. The van der Waals surface area contributed by atoms with Crippen molar-refractivity contribution in [3.05, 3.63) is 60.1 Å². The Morgan fingerprint density at radius 1 is 1.26 bits per heavy atom. The van der Waals surface area contributed by atoms with E-state index < -0.39 is 0 Å². The molecule has 0 spiro atoms. The largest absolute Gasteiger partial charge is 0.494 e. The van der Waals surface area contributed by atoms with Crippen LogP contribution in [0.1, 0.15) is 12.6 Å². The Morgan fingerprint density at radius 3 is 2.70 bits per heavy atom. The van der Waals surface area contributed by atoms with Crippen molar-refractivity contribution in [2.75, 3.05) is 11.5 Å². The van der Waals surface area contributed by atoms with Crippen LogP contribution in [-0.4, -0.2) is 22.6 Å². The molecule has 0 radical (unpaired) electrons. The molecule has 1 aromatic heterocycles. The molecule has 5 nitrogen and oxygen atoms in total. The summed E-state index contributed by atoms with van der Waals surface area (Å²) in [5.74, 6) is 0.552. The van der Waals surface area contributed by atoms with Crippen LogP contribution in [0.25, 0.3) is 6.08 Å². The van der Waals surface area contributed by atoms with Crippen LogP contribution in [0.15, 0.2) is 54.4 Å². The van der Waals surface area contributed by atoms with Gasteiger partial charge in [-0.15, -0.1) is 0 Å². The lowest BCUT2D eigenvalue weighted by Crippen LogP contribution is -2.30. The molecule has 0 bridgehead atoms. The van der Waals surface area contributed by atoms with Crippen LogP contribution >= 0.6 is 12.2 Å². The molecule has 1 aliphatic heterocycles. The first kappa shape index (κ1) is 15.2. The number of nitrogens with zero attached hydrogens (tertiary/aromatic N) is 2. The Morgan fingerprint density at radius 2 is 2.04 bits per heavy atom. The Kier molecular flexibility index (Phi) is 4.34. The van der Waals surface area contributed by atoms with Gasteiger partial charge < -0.3 is 10.1 Å². The Labute approximate surface area is 139 Å². The number of benzene rings is 1. The van der Waals surface area contributed by atoms with Crippen LogP contribution in [0, 0.1) is 0 Å². The lowest BCUT2D eigenvalue weighted by atomic mass is 10.2. The molecule has 0 atom stereocenters. The number of hydrogen-bond donors (Lipinski definition) is 1. The van der Waals surface area contributed by atoms with Gasteiger partial charge in [0, 0.05) is 6.20 Å². The van der Waals surface area contributed by atoms with Gasteiger partial charge in [0.2, 0.25) is 0 Å². The number of nitrogens with one attached hydrogen (secondary N) is 1. The van der Waals surface area contributed by atoms with Gasteiger partial charge in [-0.25, -0.2) is 0 Å². The first-order valence-corrected chi connectivity index (χ1v) is 7.61. The topological polar surface area (TPSA) is 54.5 Å². The van der Waals surface area contributed by atoms with Gasteiger partial charge in [0.15, 0.2) is 5.11 Å². The summed E-state index contributed by atoms with van der Waals surface area (Å²) in [7, 11) is 0. The predicted molar refractivity (Wildman–Crippen MR) is 93.0 cm³/mol. The van der Waals surface area contributed by atoms with E-state index in [4.69, 9.17) is 17.0 Å². The monoisotopic (exact) mass is 325 g/mol. The standard InChI is InChI=1S/C17H15N3O2S/c1-2-22-14-8-6-13(7-9-14)20-16(21)15(19-17(20)23)11-12-5-3-4-10-18-12/h3-11H,2H2,1H3,(H,19,23)/b15-11+. The van der Waals surface area contributed by atoms with Crippen LogP contribution in [-0.2, 0) is 4.79 Å². The molecular weight excluding hydrogens is 310 g/mol. The number of carbonyl (C=O) groups is 1. The summed E-state index contributed by atoms with van der Waals surface area (Å²) in [5.41, 5.74) is 1.79. The Hall–Kier alpha value is -2.73. The van der Waals surface area contributed by atoms with Gasteiger partial charge in [0.25, 0.3) is 5.91 Å². The molecule has 1 fully saturated rings. The van der Waals surface area contributed by atoms with Crippen molar-refractivity contribution in [3.63, 3.8) is 0 Å². The quantitative estimate of drug-likeness (QED) is 0.692. The number of amides is 1. The van der Waals surface area contributed by atoms with Gasteiger partial charge >= 0.3 is 0 Å². The molecule has 1 amide bonds. The van der Waals surface area contributed by atoms with Crippen LogP contribution in [0.3, 0.4) is 0 Å². The normalized spacial score (nSPS) is 15.9. The number of anilines is 1. The van der Waals surface area contributed by atoms with Crippen LogP contribution < -0.4 is 15.0 Å². The lowest BCUT2D eigenvalue weighted by Gasteiger charge is -2.14. The summed E-state index contributed by atoms with van der Waals surface area (Å²) in [6.07, 6.45) is 3.36. The SMILES string of the molecule is CCOc1ccc(N2C(=O)/C(=C\c3ccccn3)NC2=S)cc1. The van der Waals surface area contributed by atoms with Crippen LogP contribution in [0.4, 0.5) is 5.69 Å². The highest BCUT2D eigenvalue weighted by atomic mass is 32.1. The number of ether oxygens (including phenoxy) is 1. The van der Waals surface area contributed by atoms with E-state index in [0.717, 1.165) is 5.75 Å². The maximum absolute atomic E-state index is 12.6. The van der Waals surface area contributed by atoms with Crippen LogP contribution in [0.5, 0.6) is 5.75 Å². The number of carbonyl (C=O) groups excluding carboxylic acids is 1. The number of thiocarbonyl (C=S) groups is 1. The maximum Gasteiger partial charge on any atom is 0.281 e. The molecule has 1 saturated heterocycles. The minimum Gasteiger partial charge on any atom is -0.494 e. The van der Waals surface area contributed by atoms with E-state index in [1.165, 1.54) is 4.90 Å². The minimum absolute atomic E-state index is 0.204. The zero-order valence-electron chi connectivity index (χ0n) is 12.5. The number of rotatable bonds is 4. The van der Waals surface area contributed by atoms with E-state index in [-0.39, 0.29) is 5.91 Å². The van der Waals surface area contributed by atoms with Crippen LogP contribution in [0.2, 0.25) is 0 Å². The van der Waals surface area contributed by atoms with Crippen molar-refractivity contribution >= 4 is 35.0 Å². The van der Waals surface area contributed by atoms with Gasteiger partial charge in [-0.3, -0.25) is 14.7 Å². The van der Waals surface area contributed by atoms with Crippen molar-refractivity contribution in [2.24, 2.45) is 0 Å². The van der Waals surface area contributed by atoms with Gasteiger partial charge in [-0.05, 0) is 61.6 Å². The highest BCUT2D eigenvalue weighted by molar-refractivity contribution is 7.80. The highest BCUT2D eigenvalue weighted by Gasteiger charge is 2.31. The fourth-order valence-corrected chi connectivity index (χ4v) is 2.54. The summed E-state index contributed by atoms with van der Waals surface area (Å²) in [5, 5.41) is 3.29. The third-order valence-corrected chi connectivity index (χ3v) is 3.55. The van der Waals surface area contributed by atoms with Crippen molar-refractivity contribution in [1.82, 2.24) is 10.3 Å². The van der Waals surface area contributed by atoms with Crippen molar-refractivity contribution in [2.45, 2.75) is 6.92 Å². The number of pyridine rings is 1. The predicted octanol–water partition coefficient (Wildman–Crippen LogP) is 2.74. The second-order valence-corrected chi connectivity index (χ2v) is 5.20. The van der Waals surface area contributed by atoms with Gasteiger partial charge in [-0.2, -0.15) is 0 Å². The fourth-order valence-electron chi connectivity index (χ4n) is 2.24. The summed E-state index contributed by atoms with van der Waals surface area (Å²) in [4.78, 5) is 18.2. The zero-order chi connectivity index (χ0) is 16.2. The molecular formula is C17H15N3O2S. The molecule has 116 valence electrons. The molecule has 1 N–H and O–H groups in total. The van der Waals surface area contributed by atoms with Gasteiger partial charge in [-0.1, -0.05) is 6.07 Å². The van der Waals surface area contributed by atoms with Crippen molar-refractivity contribution < 1.29 is 9.53 Å². The molecule has 1 aliphatic rings. The summed E-state index contributed by atoms with van der Waals surface area (Å²) >= 11 is 5.28. The van der Waals surface area contributed by atoms with Crippen molar-refractivity contribution in [1.29, 1.82) is 0 Å². The first-order valence-electron chi connectivity index (χ1n) is 7.20. The van der Waals surface area contributed by atoms with E-state index in [1.54, 1.807) is 24.4 Å². The second-order valence-electron chi connectivity index (χ2n) is 4.81.